The molecule has 29 heavy (non-hydrogen) atoms. The van der Waals surface area contributed by atoms with E-state index < -0.39 is 5.60 Å². The third kappa shape index (κ3) is 4.16. The summed E-state index contributed by atoms with van der Waals surface area (Å²) < 4.78 is 1.78. The molecule has 1 fully saturated rings. The third-order valence-corrected chi connectivity index (χ3v) is 5.44. The number of benzene rings is 1. The van der Waals surface area contributed by atoms with Gasteiger partial charge in [0.15, 0.2) is 11.4 Å². The number of aliphatic hydroxyl groups is 2. The van der Waals surface area contributed by atoms with E-state index in [1.54, 1.807) is 48.8 Å². The topological polar surface area (TPSA) is 91.0 Å². The van der Waals surface area contributed by atoms with Gasteiger partial charge in [-0.25, -0.2) is 4.98 Å². The number of carbonyl (C=O) groups is 1. The first-order chi connectivity index (χ1) is 13.8. The molecular weight excluding hydrogens is 368 g/mol. The van der Waals surface area contributed by atoms with Gasteiger partial charge in [-0.3, -0.25) is 4.79 Å². The van der Waals surface area contributed by atoms with Gasteiger partial charge in [0.25, 0.3) is 0 Å². The van der Waals surface area contributed by atoms with E-state index in [1.807, 2.05) is 12.1 Å². The Morgan fingerprint density at radius 1 is 1.17 bits per heavy atom. The summed E-state index contributed by atoms with van der Waals surface area (Å²) in [6.07, 6.45) is 3.06. The van der Waals surface area contributed by atoms with Crippen molar-refractivity contribution in [1.29, 1.82) is 0 Å². The Balaban J connectivity index is 1.58. The second-order valence-electron chi connectivity index (χ2n) is 8.16. The summed E-state index contributed by atoms with van der Waals surface area (Å²) in [6, 6.07) is 10.8. The molecule has 3 aromatic rings. The maximum absolute atomic E-state index is 12.8. The highest BCUT2D eigenvalue weighted by atomic mass is 16.3. The number of nitrogens with zero attached hydrogens (tertiary/aromatic N) is 4. The quantitative estimate of drug-likeness (QED) is 0.646. The molecule has 0 unspecified atom stereocenters. The van der Waals surface area contributed by atoms with Crippen LogP contribution in [-0.4, -0.2) is 49.8 Å². The molecule has 0 atom stereocenters. The molecule has 1 aliphatic heterocycles. The van der Waals surface area contributed by atoms with E-state index in [9.17, 15) is 15.0 Å². The van der Waals surface area contributed by atoms with Crippen LogP contribution in [-0.2, 0) is 12.0 Å². The Morgan fingerprint density at radius 2 is 1.86 bits per heavy atom. The molecule has 0 saturated carbocycles. The number of rotatable bonds is 5. The van der Waals surface area contributed by atoms with Gasteiger partial charge >= 0.3 is 0 Å². The Hall–Kier alpha value is -2.77. The van der Waals surface area contributed by atoms with Crippen molar-refractivity contribution in [3.63, 3.8) is 0 Å². The molecule has 7 nitrogen and oxygen atoms in total. The Morgan fingerprint density at radius 3 is 2.52 bits per heavy atom. The van der Waals surface area contributed by atoms with Crippen LogP contribution in [0.3, 0.4) is 0 Å². The number of piperidine rings is 1. The van der Waals surface area contributed by atoms with E-state index in [2.05, 4.69) is 15.0 Å². The number of anilines is 1. The summed E-state index contributed by atoms with van der Waals surface area (Å²) in [4.78, 5) is 19.6. The lowest BCUT2D eigenvalue weighted by molar-refractivity contribution is 0.0784. The molecule has 0 radical (unpaired) electrons. The van der Waals surface area contributed by atoms with Crippen LogP contribution in [0.4, 0.5) is 5.82 Å². The van der Waals surface area contributed by atoms with Gasteiger partial charge in [0.05, 0.1) is 30.0 Å². The summed E-state index contributed by atoms with van der Waals surface area (Å²) in [5.41, 5.74) is 1.82. The first kappa shape index (κ1) is 19.5. The highest BCUT2D eigenvalue weighted by Crippen LogP contribution is 2.23. The van der Waals surface area contributed by atoms with Crippen LogP contribution in [0.5, 0.6) is 0 Å². The first-order valence-corrected chi connectivity index (χ1v) is 9.94. The third-order valence-electron chi connectivity index (χ3n) is 5.44. The number of fused-ring (bicyclic) bond motifs is 1. The van der Waals surface area contributed by atoms with Crippen LogP contribution < -0.4 is 4.90 Å². The van der Waals surface area contributed by atoms with Crippen LogP contribution in [0.15, 0.2) is 42.6 Å². The lowest BCUT2D eigenvalue weighted by Gasteiger charge is -2.31. The summed E-state index contributed by atoms with van der Waals surface area (Å²) >= 11 is 0. The van der Waals surface area contributed by atoms with Crippen molar-refractivity contribution >= 4 is 17.2 Å². The number of carbonyl (C=O) groups excluding carboxylic acids is 1. The summed E-state index contributed by atoms with van der Waals surface area (Å²) in [5, 5.41) is 24.2. The van der Waals surface area contributed by atoms with Gasteiger partial charge < -0.3 is 15.1 Å². The van der Waals surface area contributed by atoms with Crippen molar-refractivity contribution in [3.8, 4) is 0 Å². The van der Waals surface area contributed by atoms with Crippen molar-refractivity contribution in [3.05, 3.63) is 59.4 Å². The number of hydrogen-bond acceptors (Lipinski definition) is 6. The van der Waals surface area contributed by atoms with E-state index in [-0.39, 0.29) is 18.3 Å². The van der Waals surface area contributed by atoms with Crippen molar-refractivity contribution < 1.29 is 15.0 Å². The Kier molecular flexibility index (Phi) is 5.10. The number of Topliss-reactive ketones (excluding diaryl/α,β-unsaturated/α-hetero) is 1. The van der Waals surface area contributed by atoms with Crippen molar-refractivity contribution in [2.45, 2.75) is 44.8 Å². The zero-order valence-corrected chi connectivity index (χ0v) is 16.7. The van der Waals surface area contributed by atoms with Crippen LogP contribution in [0.2, 0.25) is 0 Å². The smallest absolute Gasteiger partial charge is 0.168 e. The maximum Gasteiger partial charge on any atom is 0.168 e. The summed E-state index contributed by atoms with van der Waals surface area (Å²) in [7, 11) is 0. The Labute approximate surface area is 169 Å². The Bertz CT molecular complexity index is 1010. The standard InChI is InChI=1S/C22H26N4O3/c1-22(2,29)16-5-3-15(4-6-16)19(28)13-17-14-21(25-11-8-18(27)9-12-25)26-20(24-17)7-10-23-26/h3-7,10,14,18,27,29H,8-9,11-13H2,1-2H3. The summed E-state index contributed by atoms with van der Waals surface area (Å²) in [5.74, 6) is 0.871. The number of aliphatic hydroxyl groups excluding tert-OH is 1. The van der Waals surface area contributed by atoms with Crippen LogP contribution in [0.1, 0.15) is 48.3 Å². The van der Waals surface area contributed by atoms with Crippen molar-refractivity contribution in [2.75, 3.05) is 18.0 Å². The SMILES string of the molecule is CC(C)(O)c1ccc(C(=O)Cc2cc(N3CCC(O)CC3)n3nccc3n2)cc1. The van der Waals surface area contributed by atoms with Gasteiger partial charge in [0.1, 0.15) is 5.82 Å². The normalized spacial score (nSPS) is 15.8. The first-order valence-electron chi connectivity index (χ1n) is 9.94. The average Bonchev–Trinajstić information content (AvgIpc) is 3.16. The molecule has 4 rings (SSSR count). The minimum absolute atomic E-state index is 0.0244. The molecule has 2 aromatic heterocycles. The average molecular weight is 394 g/mol. The van der Waals surface area contributed by atoms with Gasteiger partial charge in [-0.15, -0.1) is 0 Å². The predicted molar refractivity (Wildman–Crippen MR) is 110 cm³/mol. The van der Waals surface area contributed by atoms with Gasteiger partial charge in [-0.1, -0.05) is 24.3 Å². The number of aromatic nitrogens is 3. The molecule has 1 aliphatic rings. The predicted octanol–water partition coefficient (Wildman–Crippen LogP) is 2.34. The highest BCUT2D eigenvalue weighted by Gasteiger charge is 2.21. The fourth-order valence-electron chi connectivity index (χ4n) is 3.69. The largest absolute Gasteiger partial charge is 0.393 e. The molecule has 1 aromatic carbocycles. The minimum atomic E-state index is -0.937. The lowest BCUT2D eigenvalue weighted by Crippen LogP contribution is -2.37. The number of ketones is 1. The summed E-state index contributed by atoms with van der Waals surface area (Å²) in [6.45, 7) is 4.92. The molecular formula is C22H26N4O3. The van der Waals surface area contributed by atoms with Gasteiger partial charge in [-0.2, -0.15) is 9.61 Å². The minimum Gasteiger partial charge on any atom is -0.393 e. The van der Waals surface area contributed by atoms with Crippen LogP contribution >= 0.6 is 0 Å². The van der Waals surface area contributed by atoms with E-state index in [0.717, 1.165) is 24.5 Å². The molecule has 0 spiro atoms. The maximum atomic E-state index is 12.8. The van der Waals surface area contributed by atoms with Crippen LogP contribution in [0, 0.1) is 0 Å². The fourth-order valence-corrected chi connectivity index (χ4v) is 3.69. The fraction of sp³-hybridized carbons (Fsp3) is 0.409. The van der Waals surface area contributed by atoms with Gasteiger partial charge in [0.2, 0.25) is 0 Å². The molecule has 1 saturated heterocycles. The second-order valence-corrected chi connectivity index (χ2v) is 8.16. The van der Waals surface area contributed by atoms with E-state index in [0.29, 0.717) is 29.7 Å². The van der Waals surface area contributed by atoms with Gasteiger partial charge in [0, 0.05) is 30.8 Å². The lowest BCUT2D eigenvalue weighted by atomic mass is 9.96. The molecule has 7 heteroatoms. The molecule has 152 valence electrons. The van der Waals surface area contributed by atoms with Crippen LogP contribution in [0.25, 0.3) is 5.65 Å². The monoisotopic (exact) mass is 394 g/mol. The molecule has 0 bridgehead atoms. The molecule has 0 aliphatic carbocycles. The van der Waals surface area contributed by atoms with E-state index in [4.69, 9.17) is 0 Å². The number of hydrogen-bond donors (Lipinski definition) is 2. The highest BCUT2D eigenvalue weighted by molar-refractivity contribution is 5.97. The molecule has 2 N–H and O–H groups in total. The zero-order chi connectivity index (χ0) is 20.6. The van der Waals surface area contributed by atoms with Gasteiger partial charge in [-0.05, 0) is 32.3 Å². The van der Waals surface area contributed by atoms with E-state index >= 15 is 0 Å². The van der Waals surface area contributed by atoms with Crippen molar-refractivity contribution in [1.82, 2.24) is 14.6 Å². The second kappa shape index (κ2) is 7.57. The zero-order valence-electron chi connectivity index (χ0n) is 16.7. The van der Waals surface area contributed by atoms with Crippen molar-refractivity contribution in [2.24, 2.45) is 0 Å². The van der Waals surface area contributed by atoms with E-state index in [1.165, 1.54) is 0 Å². The molecule has 0 amide bonds. The molecule has 3 heterocycles.